The van der Waals surface area contributed by atoms with Gasteiger partial charge in [-0.1, -0.05) is 119 Å². The van der Waals surface area contributed by atoms with Crippen molar-refractivity contribution in [2.75, 3.05) is 26.4 Å². The van der Waals surface area contributed by atoms with E-state index < -0.39 is 26.5 Å². The van der Waals surface area contributed by atoms with Gasteiger partial charge in [-0.3, -0.25) is 18.6 Å². The van der Waals surface area contributed by atoms with Gasteiger partial charge >= 0.3 is 13.8 Å². The maximum absolute atomic E-state index is 11.9. The number of rotatable bonds is 32. The fourth-order valence-electron chi connectivity index (χ4n) is 4.20. The molecule has 0 saturated carbocycles. The van der Waals surface area contributed by atoms with Crippen molar-refractivity contribution >= 4 is 19.7 Å². The van der Waals surface area contributed by atoms with Gasteiger partial charge in [-0.25, -0.2) is 4.57 Å². The van der Waals surface area contributed by atoms with Crippen LogP contribution in [-0.2, 0) is 27.9 Å². The third-order valence-corrected chi connectivity index (χ3v) is 7.89. The van der Waals surface area contributed by atoms with Crippen molar-refractivity contribution in [2.45, 2.75) is 129 Å². The van der Waals surface area contributed by atoms with E-state index in [0.717, 1.165) is 89.9 Å². The minimum atomic E-state index is -4.40. The third kappa shape index (κ3) is 34.8. The van der Waals surface area contributed by atoms with Crippen LogP contribution in [0.1, 0.15) is 123 Å². The number of nitrogens with one attached hydrogen (secondary N) is 1. The topological polar surface area (TPSA) is 131 Å². The zero-order chi connectivity index (χ0) is 35.4. The smallest absolute Gasteiger partial charge is 0.463 e. The number of unbranched alkanes of at least 4 members (excludes halogenated alkanes) is 7. The van der Waals surface area contributed by atoms with E-state index in [2.05, 4.69) is 92.1 Å². The van der Waals surface area contributed by atoms with E-state index in [1.807, 2.05) is 0 Å². The van der Waals surface area contributed by atoms with Gasteiger partial charge in [0, 0.05) is 19.4 Å². The van der Waals surface area contributed by atoms with E-state index in [1.54, 1.807) is 0 Å². The highest BCUT2D eigenvalue weighted by Crippen LogP contribution is 2.42. The lowest BCUT2D eigenvalue weighted by Crippen LogP contribution is -2.27. The van der Waals surface area contributed by atoms with E-state index in [1.165, 1.54) is 0 Å². The Morgan fingerprint density at radius 2 is 1.19 bits per heavy atom. The number of carbonyl (C=O) groups excluding carboxylic acids is 2. The molecule has 9 nitrogen and oxygen atoms in total. The minimum absolute atomic E-state index is 0.0726. The molecule has 0 radical (unpaired) electrons. The second kappa shape index (κ2) is 34.3. The van der Waals surface area contributed by atoms with Gasteiger partial charge in [0.25, 0.3) is 0 Å². The number of aliphatic hydroxyl groups excluding tert-OH is 1. The average molecular weight is 694 g/mol. The third-order valence-electron chi connectivity index (χ3n) is 6.90. The molecule has 0 heterocycles. The summed E-state index contributed by atoms with van der Waals surface area (Å²) in [5.41, 5.74) is 0. The summed E-state index contributed by atoms with van der Waals surface area (Å²) in [7, 11) is -4.40. The lowest BCUT2D eigenvalue weighted by Gasteiger charge is -2.15. The number of carbonyl (C=O) groups is 2. The Hall–Kier alpha value is -2.55. The number of allylic oxidation sites excluding steroid dienone is 12. The van der Waals surface area contributed by atoms with Crippen LogP contribution in [0.4, 0.5) is 0 Å². The van der Waals surface area contributed by atoms with Crippen LogP contribution in [0, 0.1) is 0 Å². The molecule has 10 heteroatoms. The average Bonchev–Trinajstić information content (AvgIpc) is 3.07. The standard InChI is InChI=1S/C38H64NO8P/c1-3-5-7-9-10-11-12-13-14-15-16-17-18-19-20-21-22-23-24-25-26-27-29-31-38(42)45-34-36(40)35-47-48(43,44)46-33-32-39-37(41)30-28-8-6-4-2/h5,7,10-11,13-14,16-17,19-20,22-23,36,40H,3-4,6,8-9,12,15,18,21,24-35H2,1-2H3,(H,39,41)(H,43,44)/b7-5-,11-10-,14-13-,17-16-,20-19-,23-22-. The summed E-state index contributed by atoms with van der Waals surface area (Å²) in [5.74, 6) is -0.568. The molecule has 1 amide bonds. The maximum atomic E-state index is 11.9. The Morgan fingerprint density at radius 3 is 1.77 bits per heavy atom. The summed E-state index contributed by atoms with van der Waals surface area (Å²) >= 11 is 0. The first-order chi connectivity index (χ1) is 23.3. The summed E-state index contributed by atoms with van der Waals surface area (Å²) in [6.07, 6.45) is 40.3. The Labute approximate surface area is 290 Å². The van der Waals surface area contributed by atoms with Gasteiger partial charge in [0.1, 0.15) is 12.7 Å². The number of aliphatic hydroxyl groups is 1. The quantitative estimate of drug-likeness (QED) is 0.0275. The lowest BCUT2D eigenvalue weighted by molar-refractivity contribution is -0.147. The zero-order valence-electron chi connectivity index (χ0n) is 29.6. The first-order valence-corrected chi connectivity index (χ1v) is 19.4. The van der Waals surface area contributed by atoms with Gasteiger partial charge in [-0.05, 0) is 64.2 Å². The highest BCUT2D eigenvalue weighted by molar-refractivity contribution is 7.47. The van der Waals surface area contributed by atoms with Gasteiger partial charge in [-0.15, -0.1) is 0 Å². The van der Waals surface area contributed by atoms with E-state index in [4.69, 9.17) is 13.8 Å². The lowest BCUT2D eigenvalue weighted by atomic mass is 10.1. The number of hydrogen-bond donors (Lipinski definition) is 3. The Balaban J connectivity index is 3.70. The molecule has 48 heavy (non-hydrogen) atoms. The minimum Gasteiger partial charge on any atom is -0.463 e. The maximum Gasteiger partial charge on any atom is 0.472 e. The number of phosphoric ester groups is 1. The second-order valence-electron chi connectivity index (χ2n) is 11.5. The molecule has 0 aromatic carbocycles. The van der Waals surface area contributed by atoms with E-state index >= 15 is 0 Å². The van der Waals surface area contributed by atoms with Gasteiger partial charge in [-0.2, -0.15) is 0 Å². The summed E-state index contributed by atoms with van der Waals surface area (Å²) in [6, 6.07) is 0. The number of phosphoric acid groups is 1. The van der Waals surface area contributed by atoms with Crippen LogP contribution in [0.2, 0.25) is 0 Å². The predicted molar refractivity (Wildman–Crippen MR) is 196 cm³/mol. The molecule has 0 aliphatic heterocycles. The van der Waals surface area contributed by atoms with Gasteiger partial charge < -0.3 is 20.1 Å². The summed E-state index contributed by atoms with van der Waals surface area (Å²) in [6.45, 7) is 3.24. The van der Waals surface area contributed by atoms with Crippen molar-refractivity contribution in [3.8, 4) is 0 Å². The predicted octanol–water partition coefficient (Wildman–Crippen LogP) is 9.15. The first-order valence-electron chi connectivity index (χ1n) is 17.9. The molecule has 0 fully saturated rings. The molecule has 0 aliphatic carbocycles. The molecule has 0 aromatic heterocycles. The van der Waals surface area contributed by atoms with Gasteiger partial charge in [0.2, 0.25) is 5.91 Å². The van der Waals surface area contributed by atoms with Crippen molar-refractivity contribution in [3.05, 3.63) is 72.9 Å². The molecule has 0 saturated heterocycles. The summed E-state index contributed by atoms with van der Waals surface area (Å²) in [5, 5.41) is 12.5. The molecule has 0 spiro atoms. The molecule has 3 N–H and O–H groups in total. The van der Waals surface area contributed by atoms with Crippen molar-refractivity contribution < 1.29 is 37.9 Å². The van der Waals surface area contributed by atoms with E-state index in [9.17, 15) is 24.2 Å². The summed E-state index contributed by atoms with van der Waals surface area (Å²) < 4.78 is 26.5. The van der Waals surface area contributed by atoms with Crippen LogP contribution in [-0.4, -0.2) is 54.3 Å². The van der Waals surface area contributed by atoms with Crippen LogP contribution in [0.25, 0.3) is 0 Å². The molecule has 0 bridgehead atoms. The fraction of sp³-hybridized carbons (Fsp3) is 0.632. The van der Waals surface area contributed by atoms with Gasteiger partial charge in [0.05, 0.1) is 13.2 Å². The molecule has 2 unspecified atom stereocenters. The first kappa shape index (κ1) is 45.5. The molecular weight excluding hydrogens is 629 g/mol. The molecule has 0 rings (SSSR count). The van der Waals surface area contributed by atoms with Crippen molar-refractivity contribution in [2.24, 2.45) is 0 Å². The number of amides is 1. The van der Waals surface area contributed by atoms with Gasteiger partial charge in [0.15, 0.2) is 0 Å². The molecule has 2 atom stereocenters. The second-order valence-corrected chi connectivity index (χ2v) is 12.9. The number of esters is 1. The van der Waals surface area contributed by atoms with Crippen molar-refractivity contribution in [1.29, 1.82) is 0 Å². The number of ether oxygens (including phenoxy) is 1. The van der Waals surface area contributed by atoms with Crippen LogP contribution in [0.15, 0.2) is 72.9 Å². The van der Waals surface area contributed by atoms with Crippen molar-refractivity contribution in [1.82, 2.24) is 5.32 Å². The van der Waals surface area contributed by atoms with Crippen LogP contribution in [0.5, 0.6) is 0 Å². The SMILES string of the molecule is CC/C=C\C/C=C\C/C=C\C/C=C\C/C=C\C/C=C\CCCCCCC(=O)OCC(O)COP(=O)(O)OCCNC(=O)CCCCCC. The van der Waals surface area contributed by atoms with Crippen LogP contribution >= 0.6 is 7.82 Å². The normalized spacial score (nSPS) is 14.3. The summed E-state index contributed by atoms with van der Waals surface area (Å²) in [4.78, 5) is 33.3. The monoisotopic (exact) mass is 693 g/mol. The molecular formula is C38H64NO8P. The molecule has 0 aromatic rings. The Kier molecular flexibility index (Phi) is 32.5. The van der Waals surface area contributed by atoms with Crippen LogP contribution in [0.3, 0.4) is 0 Å². The number of hydrogen-bond acceptors (Lipinski definition) is 7. The zero-order valence-corrected chi connectivity index (χ0v) is 30.5. The highest BCUT2D eigenvalue weighted by atomic mass is 31.2. The van der Waals surface area contributed by atoms with E-state index in [-0.39, 0.29) is 32.1 Å². The largest absolute Gasteiger partial charge is 0.472 e. The Bertz CT molecular complexity index is 1020. The van der Waals surface area contributed by atoms with Crippen molar-refractivity contribution in [3.63, 3.8) is 0 Å². The Morgan fingerprint density at radius 1 is 0.667 bits per heavy atom. The highest BCUT2D eigenvalue weighted by Gasteiger charge is 2.23. The van der Waals surface area contributed by atoms with E-state index in [0.29, 0.717) is 12.8 Å². The fourth-order valence-corrected chi connectivity index (χ4v) is 4.96. The van der Waals surface area contributed by atoms with Crippen LogP contribution < -0.4 is 5.32 Å². The molecule has 0 aliphatic rings. The molecule has 274 valence electrons.